The van der Waals surface area contributed by atoms with Crippen molar-refractivity contribution in [3.8, 4) is 5.75 Å². The molecule has 1 aliphatic rings. The number of hydrogen-bond acceptors (Lipinski definition) is 5. The third-order valence-electron chi connectivity index (χ3n) is 6.52. The maximum absolute atomic E-state index is 12.9. The van der Waals surface area contributed by atoms with Gasteiger partial charge in [0.2, 0.25) is 5.95 Å². The summed E-state index contributed by atoms with van der Waals surface area (Å²) >= 11 is 0. The summed E-state index contributed by atoms with van der Waals surface area (Å²) in [6.07, 6.45) is -1.86. The van der Waals surface area contributed by atoms with Gasteiger partial charge in [-0.2, -0.15) is 0 Å². The molecule has 2 atom stereocenters. The first kappa shape index (κ1) is 26.3. The van der Waals surface area contributed by atoms with Crippen molar-refractivity contribution in [2.75, 3.05) is 18.9 Å². The number of ether oxygens (including phenoxy) is 1. The highest BCUT2D eigenvalue weighted by molar-refractivity contribution is 5.99. The number of benzene rings is 2. The highest BCUT2D eigenvalue weighted by atomic mass is 19.4. The number of nitrogens with one attached hydrogen (secondary N) is 1. The Morgan fingerprint density at radius 3 is 2.35 bits per heavy atom. The molecule has 2 unspecified atom stereocenters. The van der Waals surface area contributed by atoms with Gasteiger partial charge in [0.15, 0.2) is 0 Å². The molecule has 0 bridgehead atoms. The largest absolute Gasteiger partial charge is 0.573 e. The second-order valence-electron chi connectivity index (χ2n) is 9.83. The molecule has 1 amide bonds. The number of carboxylic acids is 1. The van der Waals surface area contributed by atoms with Crippen LogP contribution in [0.2, 0.25) is 0 Å². The van der Waals surface area contributed by atoms with E-state index in [1.807, 2.05) is 0 Å². The lowest BCUT2D eigenvalue weighted by atomic mass is 9.80. The van der Waals surface area contributed by atoms with Gasteiger partial charge < -0.3 is 24.6 Å². The zero-order valence-corrected chi connectivity index (χ0v) is 20.7. The average molecular weight is 519 g/mol. The second-order valence-corrected chi connectivity index (χ2v) is 9.83. The number of likely N-dealkylation sites (N-methyl/N-ethyl adjacent to an activating group) is 1. The molecule has 0 spiro atoms. The van der Waals surface area contributed by atoms with Gasteiger partial charge in [0.25, 0.3) is 5.91 Å². The molecule has 0 saturated heterocycles. The maximum Gasteiger partial charge on any atom is 0.573 e. The molecule has 0 aliphatic heterocycles. The van der Waals surface area contributed by atoms with Crippen LogP contribution in [0.15, 0.2) is 42.5 Å². The van der Waals surface area contributed by atoms with Crippen LogP contribution in [0, 0.1) is 11.8 Å². The number of amides is 1. The van der Waals surface area contributed by atoms with Crippen LogP contribution in [-0.2, 0) is 4.79 Å². The van der Waals surface area contributed by atoms with Crippen molar-refractivity contribution in [2.45, 2.75) is 45.5 Å². The first-order valence-electron chi connectivity index (χ1n) is 12.0. The Morgan fingerprint density at radius 1 is 1.11 bits per heavy atom. The number of aromatic nitrogens is 2. The number of nitrogens with zero attached hydrogens (tertiary/aromatic N) is 3. The molecule has 0 radical (unpaired) electrons. The molecule has 1 saturated carbocycles. The molecular formula is C26H29F3N4O4. The predicted molar refractivity (Wildman–Crippen MR) is 132 cm³/mol. The molecule has 37 heavy (non-hydrogen) atoms. The number of carboxylic acid groups (broad SMARTS) is 1. The fraction of sp³-hybridized carbons (Fsp3) is 0.423. The highest BCUT2D eigenvalue weighted by Crippen LogP contribution is 2.40. The lowest BCUT2D eigenvalue weighted by Gasteiger charge is -2.33. The van der Waals surface area contributed by atoms with Gasteiger partial charge >= 0.3 is 12.3 Å². The van der Waals surface area contributed by atoms with Crippen molar-refractivity contribution in [1.82, 2.24) is 14.5 Å². The number of halogens is 3. The topological polar surface area (TPSA) is 96.7 Å². The van der Waals surface area contributed by atoms with Gasteiger partial charge in [0, 0.05) is 24.3 Å². The number of anilines is 2. The molecule has 1 heterocycles. The van der Waals surface area contributed by atoms with E-state index in [1.54, 1.807) is 18.2 Å². The maximum atomic E-state index is 12.9. The number of fused-ring (bicyclic) bond motifs is 1. The van der Waals surface area contributed by atoms with E-state index in [2.05, 4.69) is 28.5 Å². The van der Waals surface area contributed by atoms with Crippen LogP contribution < -0.4 is 10.1 Å². The van der Waals surface area contributed by atoms with Crippen LogP contribution >= 0.6 is 0 Å². The van der Waals surface area contributed by atoms with Crippen LogP contribution in [0.3, 0.4) is 0 Å². The summed E-state index contributed by atoms with van der Waals surface area (Å²) in [6.45, 7) is 3.97. The summed E-state index contributed by atoms with van der Waals surface area (Å²) in [5, 5.41) is 12.3. The van der Waals surface area contributed by atoms with Gasteiger partial charge in [-0.1, -0.05) is 13.8 Å². The van der Waals surface area contributed by atoms with Crippen molar-refractivity contribution < 1.29 is 32.6 Å². The number of carbonyl (C=O) groups is 2. The van der Waals surface area contributed by atoms with E-state index in [4.69, 9.17) is 10.1 Å². The van der Waals surface area contributed by atoms with Gasteiger partial charge in [-0.25, -0.2) is 4.98 Å². The second kappa shape index (κ2) is 10.3. The first-order chi connectivity index (χ1) is 17.4. The average Bonchev–Trinajstić information content (AvgIpc) is 3.14. The molecule has 8 nitrogen and oxygen atoms in total. The highest BCUT2D eigenvalue weighted by Gasteiger charge is 2.31. The third-order valence-corrected chi connectivity index (χ3v) is 6.52. The standard InChI is InChI=1S/C26H29F3N4O4/c1-15-10-16(2)12-19(11-15)33-22-13-17(24(36)32(3)14-23(34)35)4-9-21(22)31-25(33)30-18-5-7-20(8-6-18)37-26(27,28)29/h4-9,13,15-16,19H,10-12,14H2,1-3H3,(H,30,31)(H,34,35). The summed E-state index contributed by atoms with van der Waals surface area (Å²) in [7, 11) is 1.43. The predicted octanol–water partition coefficient (Wildman–Crippen LogP) is 5.83. The fourth-order valence-corrected chi connectivity index (χ4v) is 5.16. The Bertz CT molecular complexity index is 1280. The Kier molecular flexibility index (Phi) is 7.33. The Labute approximate surface area is 212 Å². The zero-order chi connectivity index (χ0) is 26.9. The molecule has 2 N–H and O–H groups in total. The molecule has 1 fully saturated rings. The zero-order valence-electron chi connectivity index (χ0n) is 20.7. The first-order valence-corrected chi connectivity index (χ1v) is 12.0. The van der Waals surface area contributed by atoms with Crippen molar-refractivity contribution >= 4 is 34.5 Å². The fourth-order valence-electron chi connectivity index (χ4n) is 5.16. The normalized spacial score (nSPS) is 20.0. The third kappa shape index (κ3) is 6.33. The smallest absolute Gasteiger partial charge is 0.480 e. The van der Waals surface area contributed by atoms with E-state index < -0.39 is 24.8 Å². The summed E-state index contributed by atoms with van der Waals surface area (Å²) < 4.78 is 43.6. The van der Waals surface area contributed by atoms with Gasteiger partial charge in [-0.3, -0.25) is 9.59 Å². The van der Waals surface area contributed by atoms with Gasteiger partial charge in [-0.05, 0) is 73.6 Å². The number of hydrogen-bond donors (Lipinski definition) is 2. The van der Waals surface area contributed by atoms with Crippen LogP contribution in [0.4, 0.5) is 24.8 Å². The monoisotopic (exact) mass is 518 g/mol. The van der Waals surface area contributed by atoms with E-state index in [0.717, 1.165) is 29.7 Å². The number of aliphatic carboxylic acids is 1. The number of alkyl halides is 3. The van der Waals surface area contributed by atoms with Gasteiger partial charge in [-0.15, -0.1) is 13.2 Å². The van der Waals surface area contributed by atoms with E-state index in [0.29, 0.717) is 34.6 Å². The van der Waals surface area contributed by atoms with Crippen molar-refractivity contribution in [2.24, 2.45) is 11.8 Å². The molecule has 1 aromatic heterocycles. The van der Waals surface area contributed by atoms with E-state index >= 15 is 0 Å². The van der Waals surface area contributed by atoms with Crippen LogP contribution in [0.5, 0.6) is 5.75 Å². The minimum Gasteiger partial charge on any atom is -0.480 e. The number of carbonyl (C=O) groups excluding carboxylic acids is 1. The summed E-state index contributed by atoms with van der Waals surface area (Å²) in [6, 6.07) is 10.5. The number of rotatable bonds is 7. The molecule has 11 heteroatoms. The van der Waals surface area contributed by atoms with Crippen molar-refractivity contribution in [3.63, 3.8) is 0 Å². The molecule has 3 aromatic rings. The van der Waals surface area contributed by atoms with E-state index in [9.17, 15) is 22.8 Å². The minimum atomic E-state index is -4.77. The Hall–Kier alpha value is -3.76. The Balaban J connectivity index is 1.72. The molecular weight excluding hydrogens is 489 g/mol. The molecule has 198 valence electrons. The van der Waals surface area contributed by atoms with Crippen LogP contribution in [-0.4, -0.2) is 51.4 Å². The van der Waals surface area contributed by atoms with Crippen molar-refractivity contribution in [3.05, 3.63) is 48.0 Å². The number of imidazole rings is 1. The van der Waals surface area contributed by atoms with Gasteiger partial charge in [0.1, 0.15) is 12.3 Å². The van der Waals surface area contributed by atoms with E-state index in [-0.39, 0.29) is 11.8 Å². The van der Waals surface area contributed by atoms with Crippen LogP contribution in [0.25, 0.3) is 11.0 Å². The lowest BCUT2D eigenvalue weighted by Crippen LogP contribution is -2.31. The summed E-state index contributed by atoms with van der Waals surface area (Å²) in [5.74, 6) is -0.388. The van der Waals surface area contributed by atoms with Gasteiger partial charge in [0.05, 0.1) is 11.0 Å². The molecule has 1 aliphatic carbocycles. The van der Waals surface area contributed by atoms with Crippen LogP contribution in [0.1, 0.15) is 49.5 Å². The van der Waals surface area contributed by atoms with Crippen molar-refractivity contribution in [1.29, 1.82) is 0 Å². The molecule has 2 aromatic carbocycles. The Morgan fingerprint density at radius 2 is 1.76 bits per heavy atom. The van der Waals surface area contributed by atoms with E-state index in [1.165, 1.54) is 31.3 Å². The summed E-state index contributed by atoms with van der Waals surface area (Å²) in [5.41, 5.74) is 2.23. The SMILES string of the molecule is CC1CC(C)CC(n2c(Nc3ccc(OC(F)(F)F)cc3)nc3ccc(C(=O)N(C)CC(=O)O)cc32)C1. The lowest BCUT2D eigenvalue weighted by molar-refractivity contribution is -0.274. The molecule has 4 rings (SSSR count). The quantitative estimate of drug-likeness (QED) is 0.408. The summed E-state index contributed by atoms with van der Waals surface area (Å²) in [4.78, 5) is 29.8. The minimum absolute atomic E-state index is 0.0844.